The summed E-state index contributed by atoms with van der Waals surface area (Å²) in [4.78, 5) is 11.0. The summed E-state index contributed by atoms with van der Waals surface area (Å²) in [5.74, 6) is -0.896. The Hall–Kier alpha value is -1.55. The summed E-state index contributed by atoms with van der Waals surface area (Å²) in [7, 11) is 1.57. The Morgan fingerprint density at radius 2 is 2.19 bits per heavy atom. The molecule has 4 nitrogen and oxygen atoms in total. The molecule has 0 aliphatic heterocycles. The number of methoxy groups -OCH3 is 1. The minimum Gasteiger partial charge on any atom is -0.497 e. The molecule has 4 heteroatoms. The molecule has 0 fully saturated rings. The number of hydrogen-bond acceptors (Lipinski definition) is 3. The first kappa shape index (κ1) is 12.5. The zero-order valence-corrected chi connectivity index (χ0v) is 9.56. The van der Waals surface area contributed by atoms with Gasteiger partial charge in [-0.3, -0.25) is 4.79 Å². The quantitative estimate of drug-likeness (QED) is 0.791. The average molecular weight is 223 g/mol. The lowest BCUT2D eigenvalue weighted by Gasteiger charge is -2.13. The van der Waals surface area contributed by atoms with Crippen molar-refractivity contribution in [1.29, 1.82) is 0 Å². The first-order chi connectivity index (χ1) is 7.62. The molecule has 0 aromatic heterocycles. The van der Waals surface area contributed by atoms with E-state index in [1.165, 1.54) is 0 Å². The predicted octanol–water partition coefficient (Wildman–Crippen LogP) is 1.38. The van der Waals surface area contributed by atoms with Crippen LogP contribution in [-0.2, 0) is 11.2 Å². The molecular formula is C12H17NO3. The zero-order chi connectivity index (χ0) is 12.1. The second-order valence-corrected chi connectivity index (χ2v) is 3.59. The lowest BCUT2D eigenvalue weighted by atomic mass is 9.96. The third-order valence-corrected chi connectivity index (χ3v) is 2.57. The molecule has 16 heavy (non-hydrogen) atoms. The number of carboxylic acid groups (broad SMARTS) is 1. The van der Waals surface area contributed by atoms with Crippen LogP contribution in [0.15, 0.2) is 18.2 Å². The van der Waals surface area contributed by atoms with Gasteiger partial charge >= 0.3 is 5.97 Å². The van der Waals surface area contributed by atoms with Gasteiger partial charge in [0, 0.05) is 6.54 Å². The largest absolute Gasteiger partial charge is 0.497 e. The number of benzene rings is 1. The van der Waals surface area contributed by atoms with Crippen molar-refractivity contribution in [2.45, 2.75) is 19.3 Å². The highest BCUT2D eigenvalue weighted by molar-refractivity contribution is 5.76. The molecule has 0 heterocycles. The third-order valence-electron chi connectivity index (χ3n) is 2.57. The van der Waals surface area contributed by atoms with Crippen LogP contribution in [0, 0.1) is 0 Å². The number of hydrogen-bond donors (Lipinski definition) is 2. The standard InChI is InChI=1S/C12H17NO3/c1-3-8-4-9(6-10(5-8)16-2)11(7-13)12(14)15/h4-6,11H,3,7,13H2,1-2H3,(H,14,15). The van der Waals surface area contributed by atoms with Gasteiger partial charge in [0.1, 0.15) is 5.75 Å². The second kappa shape index (κ2) is 5.51. The molecule has 0 aliphatic carbocycles. The highest BCUT2D eigenvalue weighted by atomic mass is 16.5. The molecule has 0 amide bonds. The first-order valence-electron chi connectivity index (χ1n) is 5.23. The number of carboxylic acids is 1. The normalized spacial score (nSPS) is 12.2. The summed E-state index contributed by atoms with van der Waals surface area (Å²) in [6.45, 7) is 2.10. The predicted molar refractivity (Wildman–Crippen MR) is 61.8 cm³/mol. The van der Waals surface area contributed by atoms with Crippen LogP contribution in [0.3, 0.4) is 0 Å². The lowest BCUT2D eigenvalue weighted by Crippen LogP contribution is -2.21. The number of carbonyl (C=O) groups is 1. The number of rotatable bonds is 5. The molecule has 0 aliphatic rings. The van der Waals surface area contributed by atoms with Crippen LogP contribution >= 0.6 is 0 Å². The van der Waals surface area contributed by atoms with E-state index in [0.717, 1.165) is 12.0 Å². The van der Waals surface area contributed by atoms with Crippen molar-refractivity contribution in [2.24, 2.45) is 5.73 Å². The van der Waals surface area contributed by atoms with Crippen LogP contribution < -0.4 is 10.5 Å². The Morgan fingerprint density at radius 1 is 1.50 bits per heavy atom. The topological polar surface area (TPSA) is 72.5 Å². The summed E-state index contributed by atoms with van der Waals surface area (Å²) >= 11 is 0. The van der Waals surface area contributed by atoms with Gasteiger partial charge in [-0.1, -0.05) is 13.0 Å². The van der Waals surface area contributed by atoms with E-state index < -0.39 is 11.9 Å². The monoisotopic (exact) mass is 223 g/mol. The molecule has 1 rings (SSSR count). The third kappa shape index (κ3) is 2.73. The SMILES string of the molecule is CCc1cc(OC)cc(C(CN)C(=O)O)c1. The van der Waals surface area contributed by atoms with Gasteiger partial charge in [-0.15, -0.1) is 0 Å². The molecule has 0 saturated carbocycles. The number of ether oxygens (including phenoxy) is 1. The van der Waals surface area contributed by atoms with E-state index in [0.29, 0.717) is 11.3 Å². The van der Waals surface area contributed by atoms with Crippen LogP contribution in [0.2, 0.25) is 0 Å². The molecule has 0 saturated heterocycles. The van der Waals surface area contributed by atoms with Crippen LogP contribution in [0.1, 0.15) is 24.0 Å². The van der Waals surface area contributed by atoms with Crippen molar-refractivity contribution < 1.29 is 14.6 Å². The van der Waals surface area contributed by atoms with Gasteiger partial charge in [-0.25, -0.2) is 0 Å². The van der Waals surface area contributed by atoms with E-state index in [9.17, 15) is 4.79 Å². The fraction of sp³-hybridized carbons (Fsp3) is 0.417. The molecule has 1 aromatic carbocycles. The second-order valence-electron chi connectivity index (χ2n) is 3.59. The van der Waals surface area contributed by atoms with Crippen LogP contribution in [0.25, 0.3) is 0 Å². The summed E-state index contributed by atoms with van der Waals surface area (Å²) in [6.07, 6.45) is 0.834. The minimum absolute atomic E-state index is 0.0889. The van der Waals surface area contributed by atoms with Crippen molar-refractivity contribution >= 4 is 5.97 Å². The van der Waals surface area contributed by atoms with Crippen molar-refractivity contribution in [3.8, 4) is 5.75 Å². The van der Waals surface area contributed by atoms with E-state index in [4.69, 9.17) is 15.6 Å². The van der Waals surface area contributed by atoms with Crippen molar-refractivity contribution in [3.05, 3.63) is 29.3 Å². The molecule has 3 N–H and O–H groups in total. The fourth-order valence-corrected chi connectivity index (χ4v) is 1.59. The Kier molecular flexibility index (Phi) is 4.31. The van der Waals surface area contributed by atoms with Crippen LogP contribution in [-0.4, -0.2) is 24.7 Å². The minimum atomic E-state index is -0.905. The van der Waals surface area contributed by atoms with Crippen molar-refractivity contribution in [1.82, 2.24) is 0 Å². The Balaban J connectivity index is 3.15. The summed E-state index contributed by atoms with van der Waals surface area (Å²) in [5.41, 5.74) is 7.22. The van der Waals surface area contributed by atoms with Crippen LogP contribution in [0.5, 0.6) is 5.75 Å². The van der Waals surface area contributed by atoms with Gasteiger partial charge in [-0.2, -0.15) is 0 Å². The van der Waals surface area contributed by atoms with Crippen molar-refractivity contribution in [3.63, 3.8) is 0 Å². The summed E-state index contributed by atoms with van der Waals surface area (Å²) in [5, 5.41) is 9.03. The summed E-state index contributed by atoms with van der Waals surface area (Å²) in [6, 6.07) is 5.50. The van der Waals surface area contributed by atoms with E-state index in [1.807, 2.05) is 19.1 Å². The molecule has 1 unspecified atom stereocenters. The van der Waals surface area contributed by atoms with E-state index in [1.54, 1.807) is 13.2 Å². The Bertz CT molecular complexity index is 354. The smallest absolute Gasteiger partial charge is 0.312 e. The number of nitrogens with two attached hydrogens (primary N) is 1. The molecule has 1 atom stereocenters. The molecular weight excluding hydrogens is 206 g/mol. The Morgan fingerprint density at radius 3 is 2.62 bits per heavy atom. The fourth-order valence-electron chi connectivity index (χ4n) is 1.59. The lowest BCUT2D eigenvalue weighted by molar-refractivity contribution is -0.138. The maximum Gasteiger partial charge on any atom is 0.312 e. The van der Waals surface area contributed by atoms with Gasteiger partial charge in [0.25, 0.3) is 0 Å². The maximum atomic E-state index is 11.0. The van der Waals surface area contributed by atoms with Gasteiger partial charge in [0.05, 0.1) is 13.0 Å². The molecule has 1 aromatic rings. The molecule has 0 radical (unpaired) electrons. The van der Waals surface area contributed by atoms with E-state index in [2.05, 4.69) is 0 Å². The Labute approximate surface area is 95.0 Å². The maximum absolute atomic E-state index is 11.0. The van der Waals surface area contributed by atoms with E-state index >= 15 is 0 Å². The highest BCUT2D eigenvalue weighted by Gasteiger charge is 2.19. The van der Waals surface area contributed by atoms with Gasteiger partial charge in [0.2, 0.25) is 0 Å². The first-order valence-corrected chi connectivity index (χ1v) is 5.23. The summed E-state index contributed by atoms with van der Waals surface area (Å²) < 4.78 is 5.14. The number of aryl methyl sites for hydroxylation is 1. The zero-order valence-electron chi connectivity index (χ0n) is 9.56. The van der Waals surface area contributed by atoms with Gasteiger partial charge in [-0.05, 0) is 29.7 Å². The number of aliphatic carboxylic acids is 1. The van der Waals surface area contributed by atoms with E-state index in [-0.39, 0.29) is 6.54 Å². The molecule has 0 bridgehead atoms. The van der Waals surface area contributed by atoms with Gasteiger partial charge in [0.15, 0.2) is 0 Å². The van der Waals surface area contributed by atoms with Gasteiger partial charge < -0.3 is 15.6 Å². The van der Waals surface area contributed by atoms with Crippen molar-refractivity contribution in [2.75, 3.05) is 13.7 Å². The molecule has 88 valence electrons. The molecule has 0 spiro atoms. The average Bonchev–Trinajstić information content (AvgIpc) is 2.29. The van der Waals surface area contributed by atoms with Crippen LogP contribution in [0.4, 0.5) is 0 Å². The highest BCUT2D eigenvalue weighted by Crippen LogP contribution is 2.23.